The number of nitro benzene ring substituents is 1. The Hall–Kier alpha value is -0.940. The molecule has 74 valence electrons. The Balaban J connectivity index is 3.58. The second-order valence-corrected chi connectivity index (χ2v) is 3.83. The van der Waals surface area contributed by atoms with Crippen LogP contribution < -0.4 is 0 Å². The van der Waals surface area contributed by atoms with E-state index in [1.807, 2.05) is 0 Å². The number of nitrogens with zero attached hydrogens (tertiary/aromatic N) is 1. The number of Topliss-reactive ketones (excluding diaryl/α,β-unsaturated/α-hetero) is 1. The van der Waals surface area contributed by atoms with E-state index in [-0.39, 0.29) is 16.3 Å². The summed E-state index contributed by atoms with van der Waals surface area (Å²) >= 11 is 8.69. The SMILES string of the molecule is CC(=O)c1c(Br)ccc(Cl)c1[N+](=O)[O-]. The van der Waals surface area contributed by atoms with E-state index in [1.165, 1.54) is 19.1 Å². The van der Waals surface area contributed by atoms with Crippen LogP contribution in [0.3, 0.4) is 0 Å². The monoisotopic (exact) mass is 277 g/mol. The molecule has 6 heteroatoms. The summed E-state index contributed by atoms with van der Waals surface area (Å²) in [5.41, 5.74) is -0.351. The lowest BCUT2D eigenvalue weighted by Gasteiger charge is -2.02. The van der Waals surface area contributed by atoms with Gasteiger partial charge in [-0.15, -0.1) is 0 Å². The van der Waals surface area contributed by atoms with Crippen LogP contribution in [0.5, 0.6) is 0 Å². The average molecular weight is 278 g/mol. The molecule has 0 aliphatic rings. The summed E-state index contributed by atoms with van der Waals surface area (Å²) in [4.78, 5) is 21.1. The van der Waals surface area contributed by atoms with Crippen molar-refractivity contribution < 1.29 is 9.72 Å². The Morgan fingerprint density at radius 2 is 2.14 bits per heavy atom. The minimum atomic E-state index is -0.663. The number of halogens is 2. The minimum Gasteiger partial charge on any atom is -0.294 e. The molecule has 0 aromatic heterocycles. The van der Waals surface area contributed by atoms with E-state index in [4.69, 9.17) is 11.6 Å². The number of hydrogen-bond donors (Lipinski definition) is 0. The highest BCUT2D eigenvalue weighted by molar-refractivity contribution is 9.10. The molecule has 14 heavy (non-hydrogen) atoms. The van der Waals surface area contributed by atoms with E-state index in [0.29, 0.717) is 4.47 Å². The highest BCUT2D eigenvalue weighted by atomic mass is 79.9. The van der Waals surface area contributed by atoms with Gasteiger partial charge in [-0.2, -0.15) is 0 Å². The molecule has 0 amide bonds. The minimum absolute atomic E-state index is 0.00231. The fourth-order valence-electron chi connectivity index (χ4n) is 1.05. The fraction of sp³-hybridized carbons (Fsp3) is 0.125. The summed E-state index contributed by atoms with van der Waals surface area (Å²) in [6, 6.07) is 2.88. The molecule has 1 rings (SSSR count). The smallest absolute Gasteiger partial charge is 0.294 e. The number of ketones is 1. The Morgan fingerprint density at radius 1 is 1.57 bits per heavy atom. The van der Waals surface area contributed by atoms with Gasteiger partial charge < -0.3 is 0 Å². The molecule has 0 radical (unpaired) electrons. The van der Waals surface area contributed by atoms with Crippen LogP contribution in [0.4, 0.5) is 5.69 Å². The average Bonchev–Trinajstić information content (AvgIpc) is 2.07. The Kier molecular flexibility index (Phi) is 3.23. The lowest BCUT2D eigenvalue weighted by molar-refractivity contribution is -0.385. The topological polar surface area (TPSA) is 60.2 Å². The van der Waals surface area contributed by atoms with Gasteiger partial charge in [0, 0.05) is 4.47 Å². The summed E-state index contributed by atoms with van der Waals surface area (Å²) in [5, 5.41) is 10.6. The van der Waals surface area contributed by atoms with Crippen LogP contribution in [-0.2, 0) is 0 Å². The summed E-state index contributed by atoms with van der Waals surface area (Å²) in [6.45, 7) is 1.25. The maximum absolute atomic E-state index is 11.2. The highest BCUT2D eigenvalue weighted by Crippen LogP contribution is 2.33. The Labute approximate surface area is 93.1 Å². The number of carbonyl (C=O) groups is 1. The second kappa shape index (κ2) is 4.06. The van der Waals surface area contributed by atoms with Crippen molar-refractivity contribution in [2.75, 3.05) is 0 Å². The van der Waals surface area contributed by atoms with Gasteiger partial charge >= 0.3 is 0 Å². The largest absolute Gasteiger partial charge is 0.299 e. The number of benzene rings is 1. The summed E-state index contributed by atoms with van der Waals surface area (Å²) in [7, 11) is 0. The zero-order valence-electron chi connectivity index (χ0n) is 7.08. The molecular formula is C8H5BrClNO3. The molecule has 0 aliphatic carbocycles. The number of hydrogen-bond acceptors (Lipinski definition) is 3. The van der Waals surface area contributed by atoms with Gasteiger partial charge in [-0.05, 0) is 35.0 Å². The summed E-state index contributed by atoms with van der Waals surface area (Å²) < 4.78 is 0.376. The summed E-state index contributed by atoms with van der Waals surface area (Å²) in [6.07, 6.45) is 0. The normalized spacial score (nSPS) is 9.93. The van der Waals surface area contributed by atoms with Gasteiger partial charge in [0.2, 0.25) is 0 Å². The lowest BCUT2D eigenvalue weighted by Crippen LogP contribution is -2.01. The molecule has 0 heterocycles. The van der Waals surface area contributed by atoms with E-state index in [9.17, 15) is 14.9 Å². The fourth-order valence-corrected chi connectivity index (χ4v) is 1.88. The quantitative estimate of drug-likeness (QED) is 0.474. The van der Waals surface area contributed by atoms with Crippen molar-refractivity contribution in [1.29, 1.82) is 0 Å². The molecule has 1 aromatic rings. The molecular weight excluding hydrogens is 273 g/mol. The Morgan fingerprint density at radius 3 is 2.50 bits per heavy atom. The van der Waals surface area contributed by atoms with E-state index >= 15 is 0 Å². The van der Waals surface area contributed by atoms with Crippen molar-refractivity contribution in [2.45, 2.75) is 6.92 Å². The first-order valence-corrected chi connectivity index (χ1v) is 4.75. The van der Waals surface area contributed by atoms with Crippen molar-refractivity contribution in [3.8, 4) is 0 Å². The van der Waals surface area contributed by atoms with Gasteiger partial charge in [-0.3, -0.25) is 14.9 Å². The third-order valence-corrected chi connectivity index (χ3v) is 2.58. The first kappa shape index (κ1) is 11.1. The second-order valence-electron chi connectivity index (χ2n) is 2.57. The molecule has 0 unspecified atom stereocenters. The van der Waals surface area contributed by atoms with Crippen molar-refractivity contribution in [3.63, 3.8) is 0 Å². The van der Waals surface area contributed by atoms with E-state index < -0.39 is 10.7 Å². The first-order valence-electron chi connectivity index (χ1n) is 3.58. The summed E-state index contributed by atoms with van der Waals surface area (Å²) in [5.74, 6) is -0.397. The predicted octanol–water partition coefficient (Wildman–Crippen LogP) is 3.21. The van der Waals surface area contributed by atoms with Gasteiger partial charge in [-0.1, -0.05) is 11.6 Å². The lowest BCUT2D eigenvalue weighted by atomic mass is 10.1. The van der Waals surface area contributed by atoms with Gasteiger partial charge in [0.05, 0.1) is 4.92 Å². The molecule has 1 aromatic carbocycles. The third kappa shape index (κ3) is 1.93. The molecule has 0 saturated carbocycles. The molecule has 0 spiro atoms. The molecule has 0 aliphatic heterocycles. The van der Waals surface area contributed by atoms with Crippen LogP contribution in [0.25, 0.3) is 0 Å². The molecule has 0 fully saturated rings. The van der Waals surface area contributed by atoms with Crippen LogP contribution in [0.2, 0.25) is 5.02 Å². The van der Waals surface area contributed by atoms with Gasteiger partial charge in [0.25, 0.3) is 5.69 Å². The number of carbonyl (C=O) groups excluding carboxylic acids is 1. The van der Waals surface area contributed by atoms with E-state index in [0.717, 1.165) is 0 Å². The van der Waals surface area contributed by atoms with Crippen molar-refractivity contribution in [2.24, 2.45) is 0 Å². The van der Waals surface area contributed by atoms with Crippen LogP contribution in [0, 0.1) is 10.1 Å². The molecule has 0 N–H and O–H groups in total. The first-order chi connectivity index (χ1) is 6.45. The Bertz CT molecular complexity index is 380. The molecule has 0 atom stereocenters. The maximum atomic E-state index is 11.2. The van der Waals surface area contributed by atoms with Crippen LogP contribution >= 0.6 is 27.5 Å². The zero-order chi connectivity index (χ0) is 10.9. The third-order valence-electron chi connectivity index (χ3n) is 1.61. The van der Waals surface area contributed by atoms with Crippen LogP contribution in [-0.4, -0.2) is 10.7 Å². The van der Waals surface area contributed by atoms with Crippen molar-refractivity contribution in [3.05, 3.63) is 37.3 Å². The predicted molar refractivity (Wildman–Crippen MR) is 55.8 cm³/mol. The zero-order valence-corrected chi connectivity index (χ0v) is 9.42. The number of rotatable bonds is 2. The molecule has 4 nitrogen and oxygen atoms in total. The molecule has 0 bridgehead atoms. The van der Waals surface area contributed by atoms with Gasteiger partial charge in [0.1, 0.15) is 10.6 Å². The van der Waals surface area contributed by atoms with Crippen LogP contribution in [0.1, 0.15) is 17.3 Å². The standard InChI is InChI=1S/C8H5BrClNO3/c1-4(12)7-5(9)2-3-6(10)8(7)11(13)14/h2-3H,1H3. The van der Waals surface area contributed by atoms with Crippen molar-refractivity contribution >= 4 is 39.0 Å². The van der Waals surface area contributed by atoms with E-state index in [2.05, 4.69) is 15.9 Å². The molecule has 0 saturated heterocycles. The highest BCUT2D eigenvalue weighted by Gasteiger charge is 2.24. The maximum Gasteiger partial charge on any atom is 0.299 e. The number of nitro groups is 1. The van der Waals surface area contributed by atoms with Gasteiger partial charge in [-0.25, -0.2) is 0 Å². The van der Waals surface area contributed by atoms with Crippen molar-refractivity contribution in [1.82, 2.24) is 0 Å². The van der Waals surface area contributed by atoms with Crippen LogP contribution in [0.15, 0.2) is 16.6 Å². The van der Waals surface area contributed by atoms with Gasteiger partial charge in [0.15, 0.2) is 5.78 Å². The van der Waals surface area contributed by atoms with E-state index in [1.54, 1.807) is 0 Å².